The van der Waals surface area contributed by atoms with Gasteiger partial charge in [-0.05, 0) is 49.8 Å². The van der Waals surface area contributed by atoms with Crippen LogP contribution in [0.3, 0.4) is 0 Å². The van der Waals surface area contributed by atoms with Gasteiger partial charge in [0, 0.05) is 24.2 Å². The average Bonchev–Trinajstić information content (AvgIpc) is 3.32. The molecule has 2 saturated carbocycles. The Kier molecular flexibility index (Phi) is 5.41. The van der Waals surface area contributed by atoms with Gasteiger partial charge < -0.3 is 10.4 Å². The Morgan fingerprint density at radius 2 is 1.89 bits per heavy atom. The molecule has 0 aliphatic heterocycles. The van der Waals surface area contributed by atoms with Gasteiger partial charge >= 0.3 is 12.1 Å². The topological polar surface area (TPSA) is 69.6 Å². The summed E-state index contributed by atoms with van der Waals surface area (Å²) in [5.41, 5.74) is -1.73. The van der Waals surface area contributed by atoms with Gasteiger partial charge in [-0.25, -0.2) is 4.39 Å². The molecular formula is C18H20F4N2O3. The van der Waals surface area contributed by atoms with Gasteiger partial charge in [-0.3, -0.25) is 14.5 Å². The number of carbonyl (C=O) groups excluding carboxylic acids is 1. The number of amides is 1. The molecule has 2 aliphatic carbocycles. The first kappa shape index (κ1) is 19.6. The van der Waals surface area contributed by atoms with Crippen LogP contribution in [-0.2, 0) is 11.0 Å². The first-order valence-corrected chi connectivity index (χ1v) is 8.77. The fraction of sp³-hybridized carbons (Fsp3) is 0.556. The number of halogens is 4. The molecule has 5 nitrogen and oxygen atoms in total. The Labute approximate surface area is 153 Å². The molecule has 0 spiro atoms. The normalized spacial score (nSPS) is 22.4. The molecule has 0 unspecified atom stereocenters. The predicted octanol–water partition coefficient (Wildman–Crippen LogP) is 2.90. The third kappa shape index (κ3) is 4.97. The maximum atomic E-state index is 13.3. The number of nitrogens with one attached hydrogen (secondary N) is 1. The zero-order chi connectivity index (χ0) is 19.8. The first-order valence-electron chi connectivity index (χ1n) is 8.77. The minimum atomic E-state index is -4.87. The second-order valence-electron chi connectivity index (χ2n) is 7.25. The smallest absolute Gasteiger partial charge is 0.419 e. The molecule has 1 amide bonds. The van der Waals surface area contributed by atoms with E-state index in [4.69, 9.17) is 5.11 Å². The third-order valence-electron chi connectivity index (χ3n) is 5.03. The summed E-state index contributed by atoms with van der Waals surface area (Å²) in [6, 6.07) is 1.94. The monoisotopic (exact) mass is 388 g/mol. The maximum Gasteiger partial charge on any atom is 0.419 e. The molecule has 148 valence electrons. The molecule has 2 N–H and O–H groups in total. The van der Waals surface area contributed by atoms with Crippen LogP contribution in [0.15, 0.2) is 18.2 Å². The van der Waals surface area contributed by atoms with Crippen LogP contribution >= 0.6 is 0 Å². The van der Waals surface area contributed by atoms with Crippen LogP contribution in [-0.4, -0.2) is 47.1 Å². The number of nitrogens with zero attached hydrogens (tertiary/aromatic N) is 1. The van der Waals surface area contributed by atoms with Crippen molar-refractivity contribution in [3.63, 3.8) is 0 Å². The number of carboxylic acids is 1. The molecule has 3 rings (SSSR count). The summed E-state index contributed by atoms with van der Waals surface area (Å²) in [6.07, 6.45) is -1.61. The van der Waals surface area contributed by atoms with Crippen LogP contribution < -0.4 is 5.32 Å². The zero-order valence-corrected chi connectivity index (χ0v) is 14.4. The van der Waals surface area contributed by atoms with Crippen LogP contribution in [0, 0.1) is 11.7 Å². The van der Waals surface area contributed by atoms with Crippen molar-refractivity contribution in [2.75, 3.05) is 13.1 Å². The molecule has 0 heterocycles. The summed E-state index contributed by atoms with van der Waals surface area (Å²) in [5, 5.41) is 11.7. The lowest BCUT2D eigenvalue weighted by Gasteiger charge is -2.42. The molecule has 9 heteroatoms. The molecule has 0 atom stereocenters. The Hall–Kier alpha value is -2.16. The fourth-order valence-corrected chi connectivity index (χ4v) is 3.30. The van der Waals surface area contributed by atoms with E-state index < -0.39 is 29.4 Å². The van der Waals surface area contributed by atoms with E-state index in [-0.39, 0.29) is 24.2 Å². The average molecular weight is 388 g/mol. The summed E-state index contributed by atoms with van der Waals surface area (Å²) >= 11 is 0. The quantitative estimate of drug-likeness (QED) is 0.705. The van der Waals surface area contributed by atoms with E-state index in [1.165, 1.54) is 0 Å². The van der Waals surface area contributed by atoms with E-state index in [0.29, 0.717) is 37.4 Å². The Morgan fingerprint density at radius 3 is 2.44 bits per heavy atom. The SMILES string of the molecule is O=C(O)CN(CC1CC1)C1CC(NC(=O)c2ccc(F)c(C(F)(F)F)c2)C1. The van der Waals surface area contributed by atoms with E-state index in [0.717, 1.165) is 18.9 Å². The van der Waals surface area contributed by atoms with Crippen molar-refractivity contribution < 1.29 is 32.3 Å². The predicted molar refractivity (Wildman–Crippen MR) is 87.6 cm³/mol. The van der Waals surface area contributed by atoms with Crippen molar-refractivity contribution in [3.05, 3.63) is 35.1 Å². The number of alkyl halides is 3. The van der Waals surface area contributed by atoms with Crippen molar-refractivity contribution in [1.29, 1.82) is 0 Å². The van der Waals surface area contributed by atoms with E-state index in [2.05, 4.69) is 5.32 Å². The molecule has 1 aromatic rings. The highest BCUT2D eigenvalue weighted by Crippen LogP contribution is 2.34. The summed E-state index contributed by atoms with van der Waals surface area (Å²) in [4.78, 5) is 25.1. The largest absolute Gasteiger partial charge is 0.480 e. The number of hydrogen-bond acceptors (Lipinski definition) is 3. The number of carbonyl (C=O) groups is 2. The minimum absolute atomic E-state index is 0.0333. The van der Waals surface area contributed by atoms with Gasteiger partial charge in [0.25, 0.3) is 5.91 Å². The lowest BCUT2D eigenvalue weighted by Crippen LogP contribution is -2.55. The highest BCUT2D eigenvalue weighted by Gasteiger charge is 2.38. The van der Waals surface area contributed by atoms with E-state index in [1.807, 2.05) is 4.90 Å². The maximum absolute atomic E-state index is 13.3. The molecule has 1 aromatic carbocycles. The number of aliphatic carboxylic acids is 1. The summed E-state index contributed by atoms with van der Waals surface area (Å²) in [6.45, 7) is 0.652. The molecule has 27 heavy (non-hydrogen) atoms. The highest BCUT2D eigenvalue weighted by atomic mass is 19.4. The van der Waals surface area contributed by atoms with Crippen LogP contribution in [0.5, 0.6) is 0 Å². The fourth-order valence-electron chi connectivity index (χ4n) is 3.30. The number of hydrogen-bond donors (Lipinski definition) is 2. The van der Waals surface area contributed by atoms with Gasteiger partial charge in [0.15, 0.2) is 0 Å². The molecule has 0 aromatic heterocycles. The Bertz CT molecular complexity index is 728. The van der Waals surface area contributed by atoms with Crippen molar-refractivity contribution in [2.45, 2.75) is 43.9 Å². The van der Waals surface area contributed by atoms with Gasteiger partial charge in [0.05, 0.1) is 12.1 Å². The van der Waals surface area contributed by atoms with Crippen LogP contribution in [0.4, 0.5) is 17.6 Å². The van der Waals surface area contributed by atoms with Crippen molar-refractivity contribution >= 4 is 11.9 Å². The Morgan fingerprint density at radius 1 is 1.22 bits per heavy atom. The number of carboxylic acid groups (broad SMARTS) is 1. The molecule has 2 aliphatic rings. The molecule has 0 saturated heterocycles. The second-order valence-corrected chi connectivity index (χ2v) is 7.25. The van der Waals surface area contributed by atoms with Crippen molar-refractivity contribution in [3.8, 4) is 0 Å². The van der Waals surface area contributed by atoms with E-state index in [9.17, 15) is 27.2 Å². The van der Waals surface area contributed by atoms with Gasteiger partial charge in [-0.1, -0.05) is 0 Å². The Balaban J connectivity index is 1.56. The lowest BCUT2D eigenvalue weighted by atomic mass is 9.85. The summed E-state index contributed by atoms with van der Waals surface area (Å²) in [7, 11) is 0. The van der Waals surface area contributed by atoms with Crippen LogP contribution in [0.1, 0.15) is 41.6 Å². The summed E-state index contributed by atoms with van der Waals surface area (Å²) < 4.78 is 51.6. The molecule has 0 radical (unpaired) electrons. The highest BCUT2D eigenvalue weighted by molar-refractivity contribution is 5.94. The molecule has 2 fully saturated rings. The molecular weight excluding hydrogens is 368 g/mol. The number of rotatable bonds is 7. The summed E-state index contributed by atoms with van der Waals surface area (Å²) in [5.74, 6) is -2.50. The zero-order valence-electron chi connectivity index (χ0n) is 14.4. The van der Waals surface area contributed by atoms with Gasteiger partial charge in [-0.2, -0.15) is 13.2 Å². The first-order chi connectivity index (χ1) is 12.6. The van der Waals surface area contributed by atoms with E-state index >= 15 is 0 Å². The third-order valence-corrected chi connectivity index (χ3v) is 5.03. The minimum Gasteiger partial charge on any atom is -0.480 e. The van der Waals surface area contributed by atoms with Crippen LogP contribution in [0.25, 0.3) is 0 Å². The van der Waals surface area contributed by atoms with Gasteiger partial charge in [-0.15, -0.1) is 0 Å². The van der Waals surface area contributed by atoms with Gasteiger partial charge in [0.1, 0.15) is 5.82 Å². The number of benzene rings is 1. The van der Waals surface area contributed by atoms with Crippen LogP contribution in [0.2, 0.25) is 0 Å². The van der Waals surface area contributed by atoms with Crippen molar-refractivity contribution in [2.24, 2.45) is 5.92 Å². The molecule has 0 bridgehead atoms. The lowest BCUT2D eigenvalue weighted by molar-refractivity contribution is -0.140. The second kappa shape index (κ2) is 7.46. The standard InChI is InChI=1S/C18H20F4N2O3/c19-15-4-3-11(5-14(15)18(20,21)22)17(27)23-12-6-13(7-12)24(9-16(25)26)8-10-1-2-10/h3-5,10,12-13H,1-2,6-9H2,(H,23,27)(H,25,26). The van der Waals surface area contributed by atoms with Gasteiger partial charge in [0.2, 0.25) is 0 Å². The van der Waals surface area contributed by atoms with E-state index in [1.54, 1.807) is 0 Å². The van der Waals surface area contributed by atoms with Crippen molar-refractivity contribution in [1.82, 2.24) is 10.2 Å².